The topological polar surface area (TPSA) is 110 Å². The second-order valence-corrected chi connectivity index (χ2v) is 6.62. The van der Waals surface area contributed by atoms with E-state index in [2.05, 4.69) is 6.58 Å². The van der Waals surface area contributed by atoms with Crippen molar-refractivity contribution in [2.45, 2.75) is 13.0 Å². The number of hydrogen-bond donors (Lipinski definition) is 1. The van der Waals surface area contributed by atoms with Gasteiger partial charge >= 0.3 is 0 Å². The number of ether oxygens (including phenoxy) is 5. The first-order valence-corrected chi connectivity index (χ1v) is 9.62. The minimum Gasteiger partial charge on any atom is -0.493 e. The van der Waals surface area contributed by atoms with Crippen LogP contribution in [0.4, 0.5) is 5.69 Å². The van der Waals surface area contributed by atoms with E-state index < -0.39 is 11.9 Å². The minimum absolute atomic E-state index is 0.250. The fourth-order valence-electron chi connectivity index (χ4n) is 3.27. The van der Waals surface area contributed by atoms with Crippen LogP contribution in [0.1, 0.15) is 18.5 Å². The van der Waals surface area contributed by atoms with E-state index in [0.717, 1.165) is 0 Å². The molecule has 0 spiro atoms. The Morgan fingerprint density at radius 3 is 2.00 bits per heavy atom. The number of rotatable bonds is 11. The maximum Gasteiger partial charge on any atom is 0.255 e. The van der Waals surface area contributed by atoms with Crippen molar-refractivity contribution in [1.29, 1.82) is 0 Å². The first-order valence-electron chi connectivity index (χ1n) is 9.62. The Hall–Kier alpha value is -3.88. The fourth-order valence-corrected chi connectivity index (χ4v) is 3.27. The molecule has 1 atom stereocenters. The van der Waals surface area contributed by atoms with Gasteiger partial charge in [0.25, 0.3) is 5.91 Å². The number of primary amides is 1. The van der Waals surface area contributed by atoms with Crippen molar-refractivity contribution >= 4 is 17.5 Å². The predicted octanol–water partition coefficient (Wildman–Crippen LogP) is 2.87. The molecule has 2 amide bonds. The van der Waals surface area contributed by atoms with Crippen molar-refractivity contribution in [1.82, 2.24) is 0 Å². The van der Waals surface area contributed by atoms with Crippen LogP contribution in [0.3, 0.4) is 0 Å². The Kier molecular flexibility index (Phi) is 8.34. The minimum atomic E-state index is -0.625. The van der Waals surface area contributed by atoms with E-state index in [-0.39, 0.29) is 12.5 Å². The van der Waals surface area contributed by atoms with Crippen LogP contribution in [0.25, 0.3) is 0 Å². The molecule has 0 aliphatic heterocycles. The second kappa shape index (κ2) is 10.9. The van der Waals surface area contributed by atoms with Crippen LogP contribution < -0.4 is 34.3 Å². The highest BCUT2D eigenvalue weighted by atomic mass is 16.5. The molecule has 0 saturated heterocycles. The first kappa shape index (κ1) is 24.4. The Bertz CT molecular complexity index is 965. The van der Waals surface area contributed by atoms with Crippen LogP contribution in [-0.2, 0) is 9.59 Å². The number of nitrogens with two attached hydrogens (primary N) is 1. The van der Waals surface area contributed by atoms with Gasteiger partial charge in [-0.2, -0.15) is 0 Å². The van der Waals surface area contributed by atoms with E-state index in [4.69, 9.17) is 29.4 Å². The van der Waals surface area contributed by atoms with Gasteiger partial charge in [-0.05, 0) is 17.7 Å². The Balaban J connectivity index is 2.60. The number of carbonyl (C=O) groups is 2. The van der Waals surface area contributed by atoms with Crippen LogP contribution in [-0.4, -0.2) is 46.9 Å². The molecule has 9 nitrogen and oxygen atoms in total. The van der Waals surface area contributed by atoms with Gasteiger partial charge in [0.05, 0.1) is 40.2 Å². The van der Waals surface area contributed by atoms with Crippen LogP contribution in [0, 0.1) is 0 Å². The number of amides is 2. The van der Waals surface area contributed by atoms with Gasteiger partial charge in [-0.3, -0.25) is 9.59 Å². The number of carbonyl (C=O) groups excluding carboxylic acids is 2. The predicted molar refractivity (Wildman–Crippen MR) is 120 cm³/mol. The maximum atomic E-state index is 12.7. The molecule has 0 aliphatic rings. The van der Waals surface area contributed by atoms with E-state index in [0.29, 0.717) is 40.0 Å². The molecule has 9 heteroatoms. The average molecular weight is 444 g/mol. The lowest BCUT2D eigenvalue weighted by Crippen LogP contribution is -2.32. The average Bonchev–Trinajstić information content (AvgIpc) is 2.79. The number of benzene rings is 2. The molecule has 0 unspecified atom stereocenters. The summed E-state index contributed by atoms with van der Waals surface area (Å²) in [6, 6.07) is 7.88. The molecular weight excluding hydrogens is 416 g/mol. The number of hydrogen-bond acceptors (Lipinski definition) is 7. The fraction of sp³-hybridized carbons (Fsp3) is 0.304. The molecule has 0 heterocycles. The molecule has 2 aromatic rings. The van der Waals surface area contributed by atoms with Crippen LogP contribution in [0.2, 0.25) is 0 Å². The largest absolute Gasteiger partial charge is 0.493 e. The zero-order valence-corrected chi connectivity index (χ0v) is 18.8. The summed E-state index contributed by atoms with van der Waals surface area (Å²) in [5.74, 6) is 1.06. The lowest BCUT2D eigenvalue weighted by molar-refractivity contribution is -0.120. The zero-order chi connectivity index (χ0) is 23.8. The summed E-state index contributed by atoms with van der Waals surface area (Å²) < 4.78 is 27.0. The van der Waals surface area contributed by atoms with Gasteiger partial charge in [-0.1, -0.05) is 12.1 Å². The van der Waals surface area contributed by atoms with Gasteiger partial charge in [0.15, 0.2) is 29.6 Å². The van der Waals surface area contributed by atoms with Crippen molar-refractivity contribution in [3.63, 3.8) is 0 Å². The third-order valence-corrected chi connectivity index (χ3v) is 4.67. The monoisotopic (exact) mass is 444 g/mol. The molecule has 172 valence electrons. The standard InChI is InChI=1S/C23H28N2O7/c1-7-17(15-8-9-18(28-3)19(10-15)32-13-22(24)27)25(14(2)26)16-11-20(29-4)23(31-6)21(12-16)30-5/h7-12,17H,1,13H2,2-6H3,(H2,24,27)/t17-/m1/s1. The molecule has 0 bridgehead atoms. The van der Waals surface area contributed by atoms with Crippen molar-refractivity contribution in [3.05, 3.63) is 48.6 Å². The summed E-state index contributed by atoms with van der Waals surface area (Å²) in [7, 11) is 5.97. The zero-order valence-electron chi connectivity index (χ0n) is 18.8. The quantitative estimate of drug-likeness (QED) is 0.531. The van der Waals surface area contributed by atoms with Gasteiger partial charge < -0.3 is 34.3 Å². The smallest absolute Gasteiger partial charge is 0.255 e. The van der Waals surface area contributed by atoms with E-state index in [1.165, 1.54) is 40.3 Å². The normalized spacial score (nSPS) is 11.2. The Labute approximate surface area is 187 Å². The first-order chi connectivity index (χ1) is 15.3. The lowest BCUT2D eigenvalue weighted by atomic mass is 10.0. The number of nitrogens with zero attached hydrogens (tertiary/aromatic N) is 1. The van der Waals surface area contributed by atoms with E-state index in [1.54, 1.807) is 36.4 Å². The van der Waals surface area contributed by atoms with Crippen LogP contribution in [0.5, 0.6) is 28.7 Å². The van der Waals surface area contributed by atoms with Crippen molar-refractivity contribution in [3.8, 4) is 28.7 Å². The summed E-state index contributed by atoms with van der Waals surface area (Å²) in [6.07, 6.45) is 1.62. The van der Waals surface area contributed by atoms with Gasteiger partial charge in [0, 0.05) is 19.1 Å². The molecule has 0 aromatic heterocycles. The van der Waals surface area contributed by atoms with Gasteiger partial charge in [0.2, 0.25) is 11.7 Å². The summed E-state index contributed by atoms with van der Waals surface area (Å²) in [5.41, 5.74) is 6.37. The summed E-state index contributed by atoms with van der Waals surface area (Å²) in [6.45, 7) is 5.02. The highest BCUT2D eigenvalue weighted by Gasteiger charge is 2.26. The molecule has 2 N–H and O–H groups in total. The molecular formula is C23H28N2O7. The molecule has 0 radical (unpaired) electrons. The number of anilines is 1. The summed E-state index contributed by atoms with van der Waals surface area (Å²) >= 11 is 0. The third-order valence-electron chi connectivity index (χ3n) is 4.67. The Morgan fingerprint density at radius 2 is 1.56 bits per heavy atom. The van der Waals surface area contributed by atoms with Crippen LogP contribution >= 0.6 is 0 Å². The number of methoxy groups -OCH3 is 4. The van der Waals surface area contributed by atoms with Gasteiger partial charge in [-0.25, -0.2) is 0 Å². The van der Waals surface area contributed by atoms with E-state index in [1.807, 2.05) is 0 Å². The lowest BCUT2D eigenvalue weighted by Gasteiger charge is -2.30. The SMILES string of the molecule is C=C[C@H](c1ccc(OC)c(OCC(N)=O)c1)N(C(C)=O)c1cc(OC)c(OC)c(OC)c1. The van der Waals surface area contributed by atoms with Crippen LogP contribution in [0.15, 0.2) is 43.0 Å². The van der Waals surface area contributed by atoms with Gasteiger partial charge in [-0.15, -0.1) is 6.58 Å². The summed E-state index contributed by atoms with van der Waals surface area (Å²) in [4.78, 5) is 25.4. The molecule has 32 heavy (non-hydrogen) atoms. The summed E-state index contributed by atoms with van der Waals surface area (Å²) in [5, 5.41) is 0. The maximum absolute atomic E-state index is 12.7. The molecule has 2 aromatic carbocycles. The van der Waals surface area contributed by atoms with E-state index in [9.17, 15) is 9.59 Å². The molecule has 0 saturated carbocycles. The van der Waals surface area contributed by atoms with Crippen molar-refractivity contribution < 1.29 is 33.3 Å². The Morgan fingerprint density at radius 1 is 0.969 bits per heavy atom. The highest BCUT2D eigenvalue weighted by molar-refractivity contribution is 5.93. The second-order valence-electron chi connectivity index (χ2n) is 6.62. The molecule has 0 aliphatic carbocycles. The molecule has 0 fully saturated rings. The van der Waals surface area contributed by atoms with Crippen molar-refractivity contribution in [2.75, 3.05) is 39.9 Å². The van der Waals surface area contributed by atoms with Gasteiger partial charge in [0.1, 0.15) is 0 Å². The third kappa shape index (κ3) is 5.23. The molecule has 2 rings (SSSR count). The highest BCUT2D eigenvalue weighted by Crippen LogP contribution is 2.43. The van der Waals surface area contributed by atoms with E-state index >= 15 is 0 Å². The van der Waals surface area contributed by atoms with Crippen molar-refractivity contribution in [2.24, 2.45) is 5.73 Å².